The number of hydrogen-bond donors (Lipinski definition) is 1. The second kappa shape index (κ2) is 6.64. The summed E-state index contributed by atoms with van der Waals surface area (Å²) < 4.78 is 56.4. The fraction of sp³-hybridized carbons (Fsp3) is 0.200. The van der Waals surface area contributed by atoms with Crippen LogP contribution < -0.4 is 10.1 Å². The Balaban J connectivity index is 2.22. The monoisotopic (exact) mass is 328 g/mol. The highest BCUT2D eigenvalue weighted by molar-refractivity contribution is 6.04. The van der Waals surface area contributed by atoms with E-state index in [0.717, 1.165) is 24.4 Å². The number of ether oxygens (including phenoxy) is 1. The summed E-state index contributed by atoms with van der Waals surface area (Å²) in [6.45, 7) is 1.97. The molecule has 2 aromatic rings. The maximum atomic E-state index is 13.4. The van der Waals surface area contributed by atoms with Crippen LogP contribution in [0.1, 0.15) is 22.8 Å². The molecule has 0 saturated carbocycles. The van der Waals surface area contributed by atoms with Gasteiger partial charge in [-0.05, 0) is 31.2 Å². The van der Waals surface area contributed by atoms with E-state index in [9.17, 15) is 22.4 Å². The van der Waals surface area contributed by atoms with Crippen molar-refractivity contribution in [2.24, 2.45) is 0 Å². The van der Waals surface area contributed by atoms with Crippen LogP contribution in [-0.4, -0.2) is 17.5 Å². The molecule has 2 rings (SSSR count). The Morgan fingerprint density at radius 2 is 2.00 bits per heavy atom. The number of benzene rings is 1. The lowest BCUT2D eigenvalue weighted by Gasteiger charge is -2.10. The van der Waals surface area contributed by atoms with Crippen LogP contribution in [0.25, 0.3) is 0 Å². The molecule has 1 aromatic heterocycles. The zero-order chi connectivity index (χ0) is 17.0. The van der Waals surface area contributed by atoms with E-state index in [2.05, 4.69) is 10.3 Å². The average molecular weight is 328 g/mol. The Morgan fingerprint density at radius 1 is 1.26 bits per heavy atom. The van der Waals surface area contributed by atoms with Gasteiger partial charge in [0.05, 0.1) is 12.2 Å². The molecule has 23 heavy (non-hydrogen) atoms. The van der Waals surface area contributed by atoms with Crippen LogP contribution in [0.2, 0.25) is 0 Å². The highest BCUT2D eigenvalue weighted by atomic mass is 19.4. The van der Waals surface area contributed by atoms with E-state index in [-0.39, 0.29) is 23.7 Å². The quantitative estimate of drug-likeness (QED) is 0.866. The Morgan fingerprint density at radius 3 is 2.65 bits per heavy atom. The van der Waals surface area contributed by atoms with Crippen molar-refractivity contribution in [3.63, 3.8) is 0 Å². The predicted octanol–water partition coefficient (Wildman–Crippen LogP) is 3.89. The number of aromatic nitrogens is 1. The summed E-state index contributed by atoms with van der Waals surface area (Å²) in [5.41, 5.74) is -1.04. The van der Waals surface area contributed by atoms with Crippen LogP contribution >= 0.6 is 0 Å². The first-order chi connectivity index (χ1) is 10.8. The van der Waals surface area contributed by atoms with Gasteiger partial charge in [0.2, 0.25) is 0 Å². The molecule has 1 amide bonds. The van der Waals surface area contributed by atoms with Crippen LogP contribution in [0.4, 0.5) is 23.4 Å². The summed E-state index contributed by atoms with van der Waals surface area (Å²) in [5, 5.41) is 2.19. The Kier molecular flexibility index (Phi) is 4.83. The average Bonchev–Trinajstić information content (AvgIpc) is 2.46. The van der Waals surface area contributed by atoms with Crippen LogP contribution in [0.5, 0.6) is 5.75 Å². The van der Waals surface area contributed by atoms with Crippen molar-refractivity contribution < 1.29 is 27.1 Å². The van der Waals surface area contributed by atoms with Gasteiger partial charge in [0, 0.05) is 17.8 Å². The summed E-state index contributed by atoms with van der Waals surface area (Å²) in [4.78, 5) is 15.7. The summed E-state index contributed by atoms with van der Waals surface area (Å²) in [6, 6.07) is 4.81. The smallest absolute Gasteiger partial charge is 0.416 e. The number of nitrogens with zero attached hydrogens (tertiary/aromatic N) is 1. The van der Waals surface area contributed by atoms with Crippen molar-refractivity contribution in [1.82, 2.24) is 4.98 Å². The first kappa shape index (κ1) is 16.7. The molecule has 0 radical (unpaired) electrons. The number of rotatable bonds is 4. The van der Waals surface area contributed by atoms with Gasteiger partial charge in [-0.2, -0.15) is 13.2 Å². The number of amides is 1. The van der Waals surface area contributed by atoms with E-state index in [0.29, 0.717) is 6.07 Å². The third-order valence-electron chi connectivity index (χ3n) is 2.77. The number of carbonyl (C=O) groups is 1. The minimum absolute atomic E-state index is 0.0901. The minimum Gasteiger partial charge on any atom is -0.494 e. The molecule has 0 atom stereocenters. The molecule has 8 heteroatoms. The molecule has 0 spiro atoms. The van der Waals surface area contributed by atoms with Gasteiger partial charge in [0.1, 0.15) is 17.4 Å². The van der Waals surface area contributed by atoms with Gasteiger partial charge >= 0.3 is 6.18 Å². The Hall–Kier alpha value is -2.64. The van der Waals surface area contributed by atoms with Gasteiger partial charge in [-0.15, -0.1) is 0 Å². The maximum Gasteiger partial charge on any atom is 0.416 e. The molecule has 1 aromatic carbocycles. The van der Waals surface area contributed by atoms with Gasteiger partial charge in [-0.25, -0.2) is 9.37 Å². The second-order valence-electron chi connectivity index (χ2n) is 4.49. The number of nitrogens with one attached hydrogen (secondary N) is 1. The van der Waals surface area contributed by atoms with Crippen LogP contribution in [0.3, 0.4) is 0 Å². The van der Waals surface area contributed by atoms with E-state index in [1.165, 1.54) is 6.07 Å². The lowest BCUT2D eigenvalue weighted by molar-refractivity contribution is -0.137. The molecule has 122 valence electrons. The van der Waals surface area contributed by atoms with Gasteiger partial charge < -0.3 is 10.1 Å². The van der Waals surface area contributed by atoms with Crippen molar-refractivity contribution in [2.75, 3.05) is 11.9 Å². The van der Waals surface area contributed by atoms with Crippen molar-refractivity contribution in [3.8, 4) is 5.75 Å². The molecule has 1 heterocycles. The molecule has 0 aliphatic carbocycles. The molecule has 0 saturated heterocycles. The summed E-state index contributed by atoms with van der Waals surface area (Å²) in [5.74, 6) is -1.63. The van der Waals surface area contributed by atoms with E-state index in [1.807, 2.05) is 0 Å². The van der Waals surface area contributed by atoms with Crippen LogP contribution in [0, 0.1) is 5.82 Å². The molecule has 0 bridgehead atoms. The normalized spacial score (nSPS) is 11.2. The lowest BCUT2D eigenvalue weighted by atomic mass is 10.2. The Bertz CT molecular complexity index is 717. The number of alkyl halides is 3. The topological polar surface area (TPSA) is 51.2 Å². The van der Waals surface area contributed by atoms with Crippen molar-refractivity contribution in [3.05, 3.63) is 53.5 Å². The van der Waals surface area contributed by atoms with Crippen LogP contribution in [0.15, 0.2) is 36.5 Å². The molecule has 0 fully saturated rings. The first-order valence-electron chi connectivity index (χ1n) is 6.57. The number of anilines is 1. The van der Waals surface area contributed by atoms with Crippen molar-refractivity contribution in [1.29, 1.82) is 0 Å². The van der Waals surface area contributed by atoms with Gasteiger partial charge in [-0.1, -0.05) is 0 Å². The number of pyridine rings is 1. The third kappa shape index (κ3) is 4.41. The third-order valence-corrected chi connectivity index (χ3v) is 2.77. The fourth-order valence-corrected chi connectivity index (χ4v) is 1.81. The number of carbonyl (C=O) groups excluding carboxylic acids is 1. The maximum absolute atomic E-state index is 13.4. The minimum atomic E-state index is -4.55. The molecule has 1 N–H and O–H groups in total. The molecule has 0 aliphatic heterocycles. The molecule has 0 unspecified atom stereocenters. The highest BCUT2D eigenvalue weighted by Crippen LogP contribution is 2.30. The van der Waals surface area contributed by atoms with E-state index < -0.39 is 23.5 Å². The molecule has 4 nitrogen and oxygen atoms in total. The largest absolute Gasteiger partial charge is 0.494 e. The number of hydrogen-bond acceptors (Lipinski definition) is 3. The second-order valence-corrected chi connectivity index (χ2v) is 4.49. The number of halogens is 4. The zero-order valence-corrected chi connectivity index (χ0v) is 11.9. The van der Waals surface area contributed by atoms with Gasteiger partial charge in [-0.3, -0.25) is 4.79 Å². The predicted molar refractivity (Wildman–Crippen MR) is 74.8 cm³/mol. The van der Waals surface area contributed by atoms with Gasteiger partial charge in [0.25, 0.3) is 5.91 Å². The van der Waals surface area contributed by atoms with Crippen molar-refractivity contribution in [2.45, 2.75) is 13.1 Å². The van der Waals surface area contributed by atoms with Crippen molar-refractivity contribution >= 4 is 11.7 Å². The fourth-order valence-electron chi connectivity index (χ4n) is 1.81. The first-order valence-corrected chi connectivity index (χ1v) is 6.57. The van der Waals surface area contributed by atoms with Crippen LogP contribution in [-0.2, 0) is 6.18 Å². The van der Waals surface area contributed by atoms with Gasteiger partial charge in [0.15, 0.2) is 0 Å². The standard InChI is InChI=1S/C15H12F4N2O2/c1-2-23-12-6-9(5-11(16)8-12)14(22)21-13-7-10(3-4-20-13)15(17,18)19/h3-8H,2H2,1H3,(H,20,21,22). The zero-order valence-electron chi connectivity index (χ0n) is 11.9. The molecular weight excluding hydrogens is 316 g/mol. The SMILES string of the molecule is CCOc1cc(F)cc(C(=O)Nc2cc(C(F)(F)F)ccn2)c1. The van der Waals surface area contributed by atoms with E-state index in [4.69, 9.17) is 4.74 Å². The lowest BCUT2D eigenvalue weighted by Crippen LogP contribution is -2.14. The Labute approximate surface area is 129 Å². The highest BCUT2D eigenvalue weighted by Gasteiger charge is 2.30. The molecular formula is C15H12F4N2O2. The summed E-state index contributed by atoms with van der Waals surface area (Å²) in [6.07, 6.45) is -3.63. The van der Waals surface area contributed by atoms with E-state index in [1.54, 1.807) is 6.92 Å². The molecule has 0 aliphatic rings. The van der Waals surface area contributed by atoms with E-state index >= 15 is 0 Å². The summed E-state index contributed by atoms with van der Waals surface area (Å²) in [7, 11) is 0. The summed E-state index contributed by atoms with van der Waals surface area (Å²) >= 11 is 0.